The highest BCUT2D eigenvalue weighted by molar-refractivity contribution is 5.23. The molecule has 0 atom stereocenters. The van der Waals surface area contributed by atoms with E-state index in [4.69, 9.17) is 4.74 Å². The molecule has 4 nitrogen and oxygen atoms in total. The lowest BCUT2D eigenvalue weighted by atomic mass is 10.3. The maximum Gasteiger partial charge on any atom is 0.264 e. The number of nitrogens with one attached hydrogen (secondary N) is 2. The summed E-state index contributed by atoms with van der Waals surface area (Å²) in [5.41, 5.74) is 0.207. The zero-order valence-corrected chi connectivity index (χ0v) is 8.09. The van der Waals surface area contributed by atoms with Crippen LogP contribution in [0, 0.1) is 11.6 Å². The van der Waals surface area contributed by atoms with Gasteiger partial charge in [-0.15, -0.1) is 0 Å². The molecule has 0 aliphatic heterocycles. The first-order chi connectivity index (χ1) is 7.63. The molecule has 84 valence electrons. The molecule has 16 heavy (non-hydrogen) atoms. The van der Waals surface area contributed by atoms with Crippen LogP contribution in [0.4, 0.5) is 8.78 Å². The molecule has 0 aliphatic carbocycles. The molecule has 1 aromatic carbocycles. The molecule has 0 unspecified atom stereocenters. The normalized spacial score (nSPS) is 10.4. The molecule has 0 amide bonds. The summed E-state index contributed by atoms with van der Waals surface area (Å²) in [7, 11) is 0. The number of ether oxygens (including phenoxy) is 1. The van der Waals surface area contributed by atoms with Crippen molar-refractivity contribution in [2.24, 2.45) is 0 Å². The van der Waals surface area contributed by atoms with Crippen LogP contribution in [-0.4, -0.2) is 10.2 Å². The monoisotopic (exact) mass is 226 g/mol. The highest BCUT2D eigenvalue weighted by Gasteiger charge is 2.02. The Morgan fingerprint density at radius 1 is 1.06 bits per heavy atom. The van der Waals surface area contributed by atoms with Crippen molar-refractivity contribution in [2.75, 3.05) is 0 Å². The van der Waals surface area contributed by atoms with Crippen LogP contribution in [0.2, 0.25) is 0 Å². The maximum absolute atomic E-state index is 12.8. The summed E-state index contributed by atoms with van der Waals surface area (Å²) < 4.78 is 30.6. The number of H-pyrrole nitrogens is 2. The zero-order valence-electron chi connectivity index (χ0n) is 8.09. The fraction of sp³-hybridized carbons (Fsp3) is 0.100. The molecule has 6 heteroatoms. The Hall–Kier alpha value is -2.11. The standard InChI is InChI=1S/C10H8F2N2O2/c11-6-1-7(12)3-9(2-6)16-5-8-4-10(15)14-13-8/h1-4H,5H2,(H2,13,14,15). The van der Waals surface area contributed by atoms with Gasteiger partial charge in [-0.05, 0) is 0 Å². The lowest BCUT2D eigenvalue weighted by Crippen LogP contribution is -1.97. The Labute approximate surface area is 88.9 Å². The second-order valence-electron chi connectivity index (χ2n) is 3.18. The quantitative estimate of drug-likeness (QED) is 0.834. The second kappa shape index (κ2) is 4.18. The minimum absolute atomic E-state index is 0.0294. The average Bonchev–Trinajstić information content (AvgIpc) is 2.60. The topological polar surface area (TPSA) is 57.9 Å². The highest BCUT2D eigenvalue weighted by Crippen LogP contribution is 2.16. The van der Waals surface area contributed by atoms with Crippen LogP contribution in [0.5, 0.6) is 5.75 Å². The first-order valence-electron chi connectivity index (χ1n) is 4.49. The number of halogens is 2. The van der Waals surface area contributed by atoms with Crippen molar-refractivity contribution in [2.45, 2.75) is 6.61 Å². The van der Waals surface area contributed by atoms with E-state index in [1.54, 1.807) is 0 Å². The van der Waals surface area contributed by atoms with Gasteiger partial charge >= 0.3 is 0 Å². The zero-order chi connectivity index (χ0) is 11.5. The minimum atomic E-state index is -0.711. The molecule has 1 heterocycles. The second-order valence-corrected chi connectivity index (χ2v) is 3.18. The van der Waals surface area contributed by atoms with Crippen LogP contribution in [0.3, 0.4) is 0 Å². The van der Waals surface area contributed by atoms with Gasteiger partial charge in [0.2, 0.25) is 0 Å². The van der Waals surface area contributed by atoms with Crippen molar-refractivity contribution in [1.82, 2.24) is 10.2 Å². The van der Waals surface area contributed by atoms with E-state index >= 15 is 0 Å². The minimum Gasteiger partial charge on any atom is -0.487 e. The number of benzene rings is 1. The molecule has 0 bridgehead atoms. The average molecular weight is 226 g/mol. The van der Waals surface area contributed by atoms with E-state index in [0.717, 1.165) is 18.2 Å². The van der Waals surface area contributed by atoms with Gasteiger partial charge in [0.15, 0.2) is 0 Å². The third-order valence-corrected chi connectivity index (χ3v) is 1.88. The molecule has 0 fully saturated rings. The predicted octanol–water partition coefficient (Wildman–Crippen LogP) is 1.56. The van der Waals surface area contributed by atoms with Crippen molar-refractivity contribution >= 4 is 0 Å². The van der Waals surface area contributed by atoms with Crippen molar-refractivity contribution < 1.29 is 13.5 Å². The molecule has 2 N–H and O–H groups in total. The third kappa shape index (κ3) is 2.47. The van der Waals surface area contributed by atoms with Crippen molar-refractivity contribution in [3.63, 3.8) is 0 Å². The summed E-state index contributed by atoms with van der Waals surface area (Å²) in [5.74, 6) is -1.35. The van der Waals surface area contributed by atoms with Crippen LogP contribution in [0.1, 0.15) is 5.69 Å². The summed E-state index contributed by atoms with van der Waals surface area (Å²) >= 11 is 0. The van der Waals surface area contributed by atoms with Gasteiger partial charge in [0.05, 0.1) is 5.69 Å². The van der Waals surface area contributed by atoms with Crippen LogP contribution in [-0.2, 0) is 6.61 Å². The van der Waals surface area contributed by atoms with Crippen LogP contribution in [0.25, 0.3) is 0 Å². The van der Waals surface area contributed by atoms with E-state index in [1.165, 1.54) is 6.07 Å². The molecular formula is C10H8F2N2O2. The molecule has 0 radical (unpaired) electrons. The molecule has 0 spiro atoms. The number of hydrogen-bond acceptors (Lipinski definition) is 2. The van der Waals surface area contributed by atoms with Gasteiger partial charge in [0, 0.05) is 24.3 Å². The van der Waals surface area contributed by atoms with Crippen molar-refractivity contribution in [1.29, 1.82) is 0 Å². The highest BCUT2D eigenvalue weighted by atomic mass is 19.1. The molecule has 2 aromatic rings. The molecular weight excluding hydrogens is 218 g/mol. The Bertz CT molecular complexity index is 527. The molecule has 0 aliphatic rings. The van der Waals surface area contributed by atoms with Gasteiger partial charge < -0.3 is 4.74 Å². The van der Waals surface area contributed by atoms with Crippen LogP contribution < -0.4 is 10.3 Å². The Balaban J connectivity index is 2.07. The van der Waals surface area contributed by atoms with Crippen LogP contribution in [0.15, 0.2) is 29.1 Å². The Kier molecular flexibility index (Phi) is 2.72. The SMILES string of the molecule is O=c1cc(COc2cc(F)cc(F)c2)[nH][nH]1. The number of aromatic amines is 2. The summed E-state index contributed by atoms with van der Waals surface area (Å²) in [4.78, 5) is 10.7. The van der Waals surface area contributed by atoms with Gasteiger partial charge in [0.1, 0.15) is 24.0 Å². The first-order valence-corrected chi connectivity index (χ1v) is 4.49. The van der Waals surface area contributed by atoms with E-state index < -0.39 is 11.6 Å². The van der Waals surface area contributed by atoms with Gasteiger partial charge in [0.25, 0.3) is 5.56 Å². The fourth-order valence-electron chi connectivity index (χ4n) is 1.22. The molecule has 0 saturated heterocycles. The third-order valence-electron chi connectivity index (χ3n) is 1.88. The van der Waals surface area contributed by atoms with Crippen molar-refractivity contribution in [3.05, 3.63) is 51.9 Å². The lowest BCUT2D eigenvalue weighted by molar-refractivity contribution is 0.298. The van der Waals surface area contributed by atoms with Crippen LogP contribution >= 0.6 is 0 Å². The Morgan fingerprint density at radius 3 is 2.31 bits per heavy atom. The number of hydrogen-bond donors (Lipinski definition) is 2. The summed E-state index contributed by atoms with van der Waals surface area (Å²) in [6.45, 7) is 0.0294. The smallest absolute Gasteiger partial charge is 0.264 e. The maximum atomic E-state index is 12.8. The fourth-order valence-corrected chi connectivity index (χ4v) is 1.22. The van der Waals surface area contributed by atoms with E-state index in [1.807, 2.05) is 0 Å². The number of rotatable bonds is 3. The summed E-state index contributed by atoms with van der Waals surface area (Å²) in [6, 6.07) is 4.18. The molecule has 0 saturated carbocycles. The first kappa shape index (κ1) is 10.4. The summed E-state index contributed by atoms with van der Waals surface area (Å²) in [5, 5.41) is 4.87. The van der Waals surface area contributed by atoms with Crippen molar-refractivity contribution in [3.8, 4) is 5.75 Å². The molecule has 2 rings (SSSR count). The van der Waals surface area contributed by atoms with E-state index in [-0.39, 0.29) is 17.9 Å². The predicted molar refractivity (Wildman–Crippen MR) is 52.1 cm³/mol. The van der Waals surface area contributed by atoms with Gasteiger partial charge in [-0.2, -0.15) is 0 Å². The lowest BCUT2D eigenvalue weighted by Gasteiger charge is -2.04. The number of aromatic nitrogens is 2. The van der Waals surface area contributed by atoms with E-state index in [9.17, 15) is 13.6 Å². The van der Waals surface area contributed by atoms with E-state index in [0.29, 0.717) is 5.69 Å². The van der Waals surface area contributed by atoms with Gasteiger partial charge in [-0.25, -0.2) is 8.78 Å². The largest absolute Gasteiger partial charge is 0.487 e. The summed E-state index contributed by atoms with van der Waals surface area (Å²) in [6.07, 6.45) is 0. The molecule has 1 aromatic heterocycles. The van der Waals surface area contributed by atoms with Gasteiger partial charge in [-0.1, -0.05) is 0 Å². The van der Waals surface area contributed by atoms with E-state index in [2.05, 4.69) is 10.2 Å². The Morgan fingerprint density at radius 2 is 1.75 bits per heavy atom. The van der Waals surface area contributed by atoms with Gasteiger partial charge in [-0.3, -0.25) is 15.0 Å².